The Morgan fingerprint density at radius 2 is 1.57 bits per heavy atom. The van der Waals surface area contributed by atoms with Crippen LogP contribution in [0.2, 0.25) is 0 Å². The molecule has 14 heavy (non-hydrogen) atoms. The normalized spacial score (nSPS) is 13.7. The average Bonchev–Trinajstić information content (AvgIpc) is 1.93. The highest BCUT2D eigenvalue weighted by Gasteiger charge is 2.25. The van der Waals surface area contributed by atoms with Crippen LogP contribution in [0.1, 0.15) is 48.5 Å². The first kappa shape index (κ1) is 13.9. The van der Waals surface area contributed by atoms with Gasteiger partial charge in [-0.1, -0.05) is 0 Å². The Bertz CT molecular complexity index is 156. The van der Waals surface area contributed by atoms with Crippen LogP contribution < -0.4 is 5.43 Å². The highest BCUT2D eigenvalue weighted by atomic mass is 16.5. The maximum atomic E-state index is 5.43. The van der Waals surface area contributed by atoms with Crippen molar-refractivity contribution in [3.63, 3.8) is 0 Å². The summed E-state index contributed by atoms with van der Waals surface area (Å²) in [7, 11) is 0. The summed E-state index contributed by atoms with van der Waals surface area (Å²) in [5.41, 5.74) is 3.58. The second kappa shape index (κ2) is 5.10. The fraction of sp³-hybridized carbons (Fsp3) is 1.00. The first-order valence-corrected chi connectivity index (χ1v) is 5.30. The molecule has 0 rings (SSSR count). The average molecular weight is 202 g/mol. The van der Waals surface area contributed by atoms with Gasteiger partial charge in [0.25, 0.3) is 0 Å². The topological polar surface area (TPSA) is 24.5 Å². The van der Waals surface area contributed by atoms with E-state index >= 15 is 0 Å². The summed E-state index contributed by atoms with van der Waals surface area (Å²) in [5.74, 6) is 0. The lowest BCUT2D eigenvalue weighted by atomic mass is 10.1. The Hall–Kier alpha value is -0.120. The van der Waals surface area contributed by atoms with Gasteiger partial charge in [0.15, 0.2) is 0 Å². The minimum Gasteiger partial charge on any atom is -0.365 e. The van der Waals surface area contributed by atoms with Crippen molar-refractivity contribution < 1.29 is 4.74 Å². The van der Waals surface area contributed by atoms with Crippen LogP contribution in [0.15, 0.2) is 0 Å². The number of hydrogen-bond donors (Lipinski definition) is 1. The van der Waals surface area contributed by atoms with Crippen molar-refractivity contribution in [1.29, 1.82) is 0 Å². The minimum atomic E-state index is 0.0719. The maximum Gasteiger partial charge on any atom is 0.112 e. The van der Waals surface area contributed by atoms with Crippen molar-refractivity contribution in [2.24, 2.45) is 0 Å². The maximum absolute atomic E-state index is 5.43. The summed E-state index contributed by atoms with van der Waals surface area (Å²) in [5, 5.41) is 2.14. The summed E-state index contributed by atoms with van der Waals surface area (Å²) in [6.07, 6.45) is 0. The van der Waals surface area contributed by atoms with Crippen LogP contribution in [0.5, 0.6) is 0 Å². The molecule has 0 aromatic heterocycles. The molecule has 0 aliphatic heterocycles. The summed E-state index contributed by atoms with van der Waals surface area (Å²) < 4.78 is 5.43. The lowest BCUT2D eigenvalue weighted by Crippen LogP contribution is -2.57. The van der Waals surface area contributed by atoms with Crippen LogP contribution in [0.4, 0.5) is 0 Å². The van der Waals surface area contributed by atoms with Crippen molar-refractivity contribution in [2.45, 2.75) is 59.5 Å². The van der Waals surface area contributed by atoms with Gasteiger partial charge in [0.05, 0.1) is 0 Å². The Morgan fingerprint density at radius 3 is 1.86 bits per heavy atom. The number of ether oxygens (including phenoxy) is 1. The molecule has 0 aromatic carbocycles. The third kappa shape index (κ3) is 6.35. The van der Waals surface area contributed by atoms with Crippen molar-refractivity contribution in [2.75, 3.05) is 13.3 Å². The molecule has 0 fully saturated rings. The molecule has 3 heteroatoms. The summed E-state index contributed by atoms with van der Waals surface area (Å²) in [6, 6.07) is 0. The van der Waals surface area contributed by atoms with Gasteiger partial charge in [-0.05, 0) is 48.5 Å². The molecule has 0 amide bonds. The van der Waals surface area contributed by atoms with E-state index in [1.165, 1.54) is 0 Å². The number of nitrogens with one attached hydrogen (secondary N) is 1. The molecular weight excluding hydrogens is 176 g/mol. The fourth-order valence-electron chi connectivity index (χ4n) is 0.981. The summed E-state index contributed by atoms with van der Waals surface area (Å²) in [4.78, 5) is 0. The van der Waals surface area contributed by atoms with E-state index in [2.05, 4.69) is 52.0 Å². The Labute approximate surface area is 88.8 Å². The molecular formula is C11H26N2O. The second-order valence-electron chi connectivity index (χ2n) is 5.58. The van der Waals surface area contributed by atoms with Gasteiger partial charge in [0, 0.05) is 17.7 Å². The molecule has 86 valence electrons. The largest absolute Gasteiger partial charge is 0.365 e. The van der Waals surface area contributed by atoms with Crippen molar-refractivity contribution in [1.82, 2.24) is 10.4 Å². The highest BCUT2D eigenvalue weighted by molar-refractivity contribution is 4.76. The van der Waals surface area contributed by atoms with Gasteiger partial charge in [0.1, 0.15) is 6.73 Å². The Kier molecular flexibility index (Phi) is 5.06. The van der Waals surface area contributed by atoms with Crippen LogP contribution >= 0.6 is 0 Å². The standard InChI is InChI=1S/C11H26N2O/c1-8-14-9-13(11(5,6)7)12-10(2,3)4/h12H,8-9H2,1-7H3. The van der Waals surface area contributed by atoms with Crippen LogP contribution in [0.3, 0.4) is 0 Å². The zero-order valence-electron chi connectivity index (χ0n) is 10.8. The quantitative estimate of drug-likeness (QED) is 0.559. The van der Waals surface area contributed by atoms with E-state index < -0.39 is 0 Å². The van der Waals surface area contributed by atoms with Gasteiger partial charge in [-0.25, -0.2) is 10.4 Å². The van der Waals surface area contributed by atoms with E-state index in [1.54, 1.807) is 0 Å². The molecule has 0 atom stereocenters. The smallest absolute Gasteiger partial charge is 0.112 e. The zero-order chi connectivity index (χ0) is 11.4. The molecule has 1 N–H and O–H groups in total. The SMILES string of the molecule is CCOCN(NC(C)(C)C)C(C)(C)C. The molecule has 0 saturated heterocycles. The van der Waals surface area contributed by atoms with Crippen LogP contribution in [0, 0.1) is 0 Å². The van der Waals surface area contributed by atoms with Crippen molar-refractivity contribution >= 4 is 0 Å². The first-order valence-electron chi connectivity index (χ1n) is 5.30. The van der Waals surface area contributed by atoms with E-state index in [1.807, 2.05) is 6.92 Å². The number of nitrogens with zero attached hydrogens (tertiary/aromatic N) is 1. The molecule has 3 nitrogen and oxygen atoms in total. The van der Waals surface area contributed by atoms with Crippen LogP contribution in [0.25, 0.3) is 0 Å². The van der Waals surface area contributed by atoms with Gasteiger partial charge >= 0.3 is 0 Å². The van der Waals surface area contributed by atoms with E-state index in [0.29, 0.717) is 6.73 Å². The van der Waals surface area contributed by atoms with Crippen LogP contribution in [-0.4, -0.2) is 29.4 Å². The molecule has 0 radical (unpaired) electrons. The van der Waals surface area contributed by atoms with E-state index in [0.717, 1.165) is 6.61 Å². The van der Waals surface area contributed by atoms with Gasteiger partial charge in [-0.2, -0.15) is 0 Å². The third-order valence-corrected chi connectivity index (χ3v) is 1.70. The number of rotatable bonds is 4. The van der Waals surface area contributed by atoms with E-state index in [9.17, 15) is 0 Å². The van der Waals surface area contributed by atoms with Gasteiger partial charge in [0.2, 0.25) is 0 Å². The van der Waals surface area contributed by atoms with Crippen molar-refractivity contribution in [3.05, 3.63) is 0 Å². The summed E-state index contributed by atoms with van der Waals surface area (Å²) >= 11 is 0. The molecule has 0 unspecified atom stereocenters. The predicted octanol–water partition coefficient (Wildman–Crippen LogP) is 2.38. The number of hydrogen-bond acceptors (Lipinski definition) is 3. The first-order chi connectivity index (χ1) is 6.17. The number of hydrazine groups is 1. The Morgan fingerprint density at radius 1 is 1.07 bits per heavy atom. The van der Waals surface area contributed by atoms with E-state index in [-0.39, 0.29) is 11.1 Å². The molecule has 0 aliphatic carbocycles. The molecule has 0 heterocycles. The molecule has 0 spiro atoms. The predicted molar refractivity (Wildman–Crippen MR) is 61.0 cm³/mol. The lowest BCUT2D eigenvalue weighted by Gasteiger charge is -2.40. The van der Waals surface area contributed by atoms with Crippen molar-refractivity contribution in [3.8, 4) is 0 Å². The monoisotopic (exact) mass is 202 g/mol. The van der Waals surface area contributed by atoms with Gasteiger partial charge in [-0.3, -0.25) is 0 Å². The molecule has 0 aliphatic rings. The second-order valence-corrected chi connectivity index (χ2v) is 5.58. The summed E-state index contributed by atoms with van der Waals surface area (Å²) in [6.45, 7) is 16.3. The van der Waals surface area contributed by atoms with Gasteiger partial charge in [-0.15, -0.1) is 0 Å². The van der Waals surface area contributed by atoms with E-state index in [4.69, 9.17) is 4.74 Å². The highest BCUT2D eigenvalue weighted by Crippen LogP contribution is 2.13. The Balaban J connectivity index is 4.26. The van der Waals surface area contributed by atoms with Gasteiger partial charge < -0.3 is 4.74 Å². The lowest BCUT2D eigenvalue weighted by molar-refractivity contribution is -0.0665. The molecule has 0 saturated carbocycles. The minimum absolute atomic E-state index is 0.0719. The molecule has 0 bridgehead atoms. The fourth-order valence-corrected chi connectivity index (χ4v) is 0.981. The van der Waals surface area contributed by atoms with Crippen LogP contribution in [-0.2, 0) is 4.74 Å². The third-order valence-electron chi connectivity index (χ3n) is 1.70. The zero-order valence-corrected chi connectivity index (χ0v) is 10.8. The molecule has 0 aromatic rings.